The lowest BCUT2D eigenvalue weighted by Crippen LogP contribution is -2.08. The highest BCUT2D eigenvalue weighted by Gasteiger charge is 2.34. The zero-order chi connectivity index (χ0) is 14.9. The number of hydrogen-bond donors (Lipinski definition) is 0. The smallest absolute Gasteiger partial charge is 0.276 e. The fourth-order valence-electron chi connectivity index (χ4n) is 1.81. The minimum atomic E-state index is -4.62. The average Bonchev–Trinajstić information content (AvgIpc) is 2.37. The predicted octanol–water partition coefficient (Wildman–Crippen LogP) is 4.89. The summed E-state index contributed by atoms with van der Waals surface area (Å²) < 4.78 is 52.0. The van der Waals surface area contributed by atoms with E-state index in [9.17, 15) is 22.4 Å². The Bertz CT molecular complexity index is 664. The van der Waals surface area contributed by atoms with Gasteiger partial charge in [0.1, 0.15) is 5.82 Å². The van der Waals surface area contributed by atoms with E-state index >= 15 is 0 Å². The molecule has 0 atom stereocenters. The molecule has 0 amide bonds. The molecule has 0 aliphatic rings. The van der Waals surface area contributed by atoms with E-state index < -0.39 is 22.8 Å². The number of alkyl halides is 3. The molecule has 1 nitrogen and oxygen atoms in total. The van der Waals surface area contributed by atoms with Gasteiger partial charge in [-0.1, -0.05) is 12.1 Å². The number of carbonyl (C=O) groups is 1. The molecule has 0 aliphatic heterocycles. The SMILES string of the molecule is O=C(Cl)c1ccc(C(F)(F)F)c(-c2cccc(F)c2)c1. The Morgan fingerprint density at radius 2 is 1.75 bits per heavy atom. The van der Waals surface area contributed by atoms with Gasteiger partial charge >= 0.3 is 6.18 Å². The second-order valence-electron chi connectivity index (χ2n) is 4.04. The maximum absolute atomic E-state index is 13.2. The van der Waals surface area contributed by atoms with Gasteiger partial charge in [0.15, 0.2) is 0 Å². The van der Waals surface area contributed by atoms with Crippen LogP contribution in [0.2, 0.25) is 0 Å². The Balaban J connectivity index is 2.70. The van der Waals surface area contributed by atoms with Crippen molar-refractivity contribution in [3.05, 3.63) is 59.4 Å². The lowest BCUT2D eigenvalue weighted by Gasteiger charge is -2.14. The van der Waals surface area contributed by atoms with Crippen LogP contribution in [0.15, 0.2) is 42.5 Å². The van der Waals surface area contributed by atoms with Crippen LogP contribution in [-0.2, 0) is 6.18 Å². The number of rotatable bonds is 2. The molecule has 0 heterocycles. The minimum Gasteiger partial charge on any atom is -0.276 e. The van der Waals surface area contributed by atoms with Gasteiger partial charge in [-0.15, -0.1) is 0 Å². The van der Waals surface area contributed by atoms with E-state index in [1.54, 1.807) is 0 Å². The molecule has 0 fully saturated rings. The molecule has 2 rings (SSSR count). The van der Waals surface area contributed by atoms with Crippen molar-refractivity contribution in [2.24, 2.45) is 0 Å². The van der Waals surface area contributed by atoms with Crippen LogP contribution >= 0.6 is 11.6 Å². The van der Waals surface area contributed by atoms with Gasteiger partial charge in [0.2, 0.25) is 0 Å². The van der Waals surface area contributed by atoms with E-state index in [1.807, 2.05) is 0 Å². The van der Waals surface area contributed by atoms with Crippen LogP contribution in [-0.4, -0.2) is 5.24 Å². The summed E-state index contributed by atoms with van der Waals surface area (Å²) in [4.78, 5) is 11.1. The van der Waals surface area contributed by atoms with Crippen LogP contribution < -0.4 is 0 Å². The zero-order valence-electron chi connectivity index (χ0n) is 9.84. The summed E-state index contributed by atoms with van der Waals surface area (Å²) in [7, 11) is 0. The summed E-state index contributed by atoms with van der Waals surface area (Å²) >= 11 is 5.27. The summed E-state index contributed by atoms with van der Waals surface area (Å²) in [5.74, 6) is -0.668. The third-order valence-corrected chi connectivity index (χ3v) is 2.91. The highest BCUT2D eigenvalue weighted by atomic mass is 35.5. The third kappa shape index (κ3) is 2.99. The van der Waals surface area contributed by atoms with E-state index in [2.05, 4.69) is 0 Å². The summed E-state index contributed by atoms with van der Waals surface area (Å²) in [6.45, 7) is 0. The quantitative estimate of drug-likeness (QED) is 0.570. The largest absolute Gasteiger partial charge is 0.417 e. The normalized spacial score (nSPS) is 11.4. The second-order valence-corrected chi connectivity index (χ2v) is 4.39. The number of halogens is 5. The number of hydrogen-bond acceptors (Lipinski definition) is 1. The Hall–Kier alpha value is -1.88. The molecule has 0 radical (unpaired) electrons. The van der Waals surface area contributed by atoms with Gasteiger partial charge in [-0.2, -0.15) is 13.2 Å². The molecule has 0 saturated heterocycles. The standard InChI is InChI=1S/C14H7ClF4O/c15-13(20)9-4-5-12(14(17,18)19)11(7-9)8-2-1-3-10(16)6-8/h1-7H. The number of benzene rings is 2. The molecule has 104 valence electrons. The minimum absolute atomic E-state index is 0.0251. The topological polar surface area (TPSA) is 17.1 Å². The lowest BCUT2D eigenvalue weighted by molar-refractivity contribution is -0.137. The van der Waals surface area contributed by atoms with E-state index in [1.165, 1.54) is 12.1 Å². The first kappa shape index (κ1) is 14.5. The molecule has 0 bridgehead atoms. The maximum Gasteiger partial charge on any atom is 0.417 e. The fraction of sp³-hybridized carbons (Fsp3) is 0.0714. The van der Waals surface area contributed by atoms with Crippen LogP contribution in [0.4, 0.5) is 17.6 Å². The van der Waals surface area contributed by atoms with Gasteiger partial charge < -0.3 is 0 Å². The summed E-state index contributed by atoms with van der Waals surface area (Å²) in [6, 6.07) is 7.46. The molecule has 0 saturated carbocycles. The maximum atomic E-state index is 13.2. The van der Waals surface area contributed by atoms with Crippen molar-refractivity contribution >= 4 is 16.8 Å². The fourth-order valence-corrected chi connectivity index (χ4v) is 1.93. The molecule has 0 aromatic heterocycles. The first-order chi connectivity index (χ1) is 9.29. The van der Waals surface area contributed by atoms with Gasteiger partial charge in [-0.05, 0) is 53.1 Å². The van der Waals surface area contributed by atoms with Crippen molar-refractivity contribution < 1.29 is 22.4 Å². The Kier molecular flexibility index (Phi) is 3.81. The van der Waals surface area contributed by atoms with Crippen LogP contribution in [0, 0.1) is 5.82 Å². The first-order valence-corrected chi connectivity index (χ1v) is 5.84. The lowest BCUT2D eigenvalue weighted by atomic mass is 9.97. The average molecular weight is 303 g/mol. The monoisotopic (exact) mass is 302 g/mol. The van der Waals surface area contributed by atoms with Crippen molar-refractivity contribution in [3.63, 3.8) is 0 Å². The molecule has 0 N–H and O–H groups in total. The third-order valence-electron chi connectivity index (χ3n) is 2.69. The summed E-state index contributed by atoms with van der Waals surface area (Å²) in [5, 5.41) is -0.878. The molecule has 2 aromatic rings. The van der Waals surface area contributed by atoms with Crippen LogP contribution in [0.25, 0.3) is 11.1 Å². The molecule has 20 heavy (non-hydrogen) atoms. The summed E-state index contributed by atoms with van der Waals surface area (Å²) in [5.41, 5.74) is -1.30. The van der Waals surface area contributed by atoms with Gasteiger partial charge in [-0.25, -0.2) is 4.39 Å². The van der Waals surface area contributed by atoms with Crippen molar-refractivity contribution in [2.45, 2.75) is 6.18 Å². The van der Waals surface area contributed by atoms with Gasteiger partial charge in [0.25, 0.3) is 5.24 Å². The Morgan fingerprint density at radius 1 is 1.05 bits per heavy atom. The van der Waals surface area contributed by atoms with Gasteiger partial charge in [-0.3, -0.25) is 4.79 Å². The van der Waals surface area contributed by atoms with Gasteiger partial charge in [0, 0.05) is 5.56 Å². The first-order valence-electron chi connectivity index (χ1n) is 5.46. The molecular weight excluding hydrogens is 296 g/mol. The highest BCUT2D eigenvalue weighted by Crippen LogP contribution is 2.37. The Morgan fingerprint density at radius 3 is 2.30 bits per heavy atom. The van der Waals surface area contributed by atoms with E-state index in [-0.39, 0.29) is 16.7 Å². The van der Waals surface area contributed by atoms with E-state index in [4.69, 9.17) is 11.6 Å². The molecule has 2 aromatic carbocycles. The van der Waals surface area contributed by atoms with Gasteiger partial charge in [0.05, 0.1) is 5.56 Å². The highest BCUT2D eigenvalue weighted by molar-refractivity contribution is 6.67. The molecule has 0 aliphatic carbocycles. The van der Waals surface area contributed by atoms with E-state index in [0.717, 1.165) is 30.3 Å². The van der Waals surface area contributed by atoms with E-state index in [0.29, 0.717) is 0 Å². The van der Waals surface area contributed by atoms with Crippen LogP contribution in [0.3, 0.4) is 0 Å². The molecule has 0 spiro atoms. The molecular formula is C14H7ClF4O. The van der Waals surface area contributed by atoms with Crippen LogP contribution in [0.1, 0.15) is 15.9 Å². The second kappa shape index (κ2) is 5.25. The van der Waals surface area contributed by atoms with Crippen molar-refractivity contribution in [2.75, 3.05) is 0 Å². The predicted molar refractivity (Wildman–Crippen MR) is 67.0 cm³/mol. The van der Waals surface area contributed by atoms with Crippen LogP contribution in [0.5, 0.6) is 0 Å². The van der Waals surface area contributed by atoms with Crippen molar-refractivity contribution in [3.8, 4) is 11.1 Å². The molecule has 6 heteroatoms. The number of carbonyl (C=O) groups excluding carboxylic acids is 1. The Labute approximate surface area is 116 Å². The zero-order valence-corrected chi connectivity index (χ0v) is 10.6. The van der Waals surface area contributed by atoms with Crippen molar-refractivity contribution in [1.29, 1.82) is 0 Å². The summed E-state index contributed by atoms with van der Waals surface area (Å²) in [6.07, 6.45) is -4.62. The van der Waals surface area contributed by atoms with Crippen molar-refractivity contribution in [1.82, 2.24) is 0 Å². The molecule has 0 unspecified atom stereocenters.